The number of nitro benzene ring substituents is 1. The highest BCUT2D eigenvalue weighted by Crippen LogP contribution is 2.30. The van der Waals surface area contributed by atoms with Gasteiger partial charge >= 0.3 is 0 Å². The Morgan fingerprint density at radius 3 is 2.90 bits per heavy atom. The first-order valence-corrected chi connectivity index (χ1v) is 6.97. The molecule has 1 aromatic carbocycles. The second kappa shape index (κ2) is 6.53. The van der Waals surface area contributed by atoms with E-state index < -0.39 is 4.92 Å². The van der Waals surface area contributed by atoms with Gasteiger partial charge in [-0.3, -0.25) is 14.9 Å². The zero-order valence-corrected chi connectivity index (χ0v) is 11.9. The number of para-hydroxylation sites is 1. The molecule has 1 heterocycles. The number of carbonyl (C=O) groups is 1. The largest absolute Gasteiger partial charge is 0.394 e. The SMILES string of the molecule is CNc1c(C(=O)N2CCCCC2CO)cccc1[N+](=O)[O-]. The van der Waals surface area contributed by atoms with E-state index in [2.05, 4.69) is 5.32 Å². The van der Waals surface area contributed by atoms with Crippen molar-refractivity contribution in [2.24, 2.45) is 0 Å². The number of likely N-dealkylation sites (tertiary alicyclic amines) is 1. The number of nitro groups is 1. The Labute approximate surface area is 122 Å². The van der Waals surface area contributed by atoms with Crippen molar-refractivity contribution in [1.82, 2.24) is 4.90 Å². The number of anilines is 1. The van der Waals surface area contributed by atoms with Crippen molar-refractivity contribution in [3.8, 4) is 0 Å². The standard InChI is InChI=1S/C14H19N3O4/c1-15-13-11(6-4-7-12(13)17(20)21)14(19)16-8-3-2-5-10(16)9-18/h4,6-7,10,15,18H,2-3,5,8-9H2,1H3. The van der Waals surface area contributed by atoms with Crippen molar-refractivity contribution in [2.75, 3.05) is 25.5 Å². The Balaban J connectivity index is 2.38. The van der Waals surface area contributed by atoms with Crippen molar-refractivity contribution < 1.29 is 14.8 Å². The molecular weight excluding hydrogens is 274 g/mol. The van der Waals surface area contributed by atoms with Gasteiger partial charge in [0.25, 0.3) is 11.6 Å². The molecule has 114 valence electrons. The van der Waals surface area contributed by atoms with Crippen molar-refractivity contribution in [3.63, 3.8) is 0 Å². The van der Waals surface area contributed by atoms with Crippen molar-refractivity contribution >= 4 is 17.3 Å². The predicted octanol–water partition coefficient (Wildman–Crippen LogP) is 1.62. The molecule has 0 aromatic heterocycles. The fraction of sp³-hybridized carbons (Fsp3) is 0.500. The molecule has 1 aromatic rings. The summed E-state index contributed by atoms with van der Waals surface area (Å²) >= 11 is 0. The molecule has 0 radical (unpaired) electrons. The highest BCUT2D eigenvalue weighted by Gasteiger charge is 2.30. The van der Waals surface area contributed by atoms with Crippen LogP contribution in [0, 0.1) is 10.1 Å². The van der Waals surface area contributed by atoms with Crippen LogP contribution in [-0.2, 0) is 0 Å². The van der Waals surface area contributed by atoms with Crippen LogP contribution in [0.4, 0.5) is 11.4 Å². The minimum Gasteiger partial charge on any atom is -0.394 e. The third kappa shape index (κ3) is 2.97. The van der Waals surface area contributed by atoms with Gasteiger partial charge in [-0.25, -0.2) is 0 Å². The minimum atomic E-state index is -0.512. The fourth-order valence-corrected chi connectivity index (χ4v) is 2.75. The lowest BCUT2D eigenvalue weighted by Gasteiger charge is -2.35. The molecule has 2 rings (SSSR count). The summed E-state index contributed by atoms with van der Waals surface area (Å²) in [5, 5.41) is 23.2. The van der Waals surface area contributed by atoms with Crippen LogP contribution in [0.15, 0.2) is 18.2 Å². The van der Waals surface area contributed by atoms with Gasteiger partial charge in [0.2, 0.25) is 0 Å². The van der Waals surface area contributed by atoms with Crippen molar-refractivity contribution in [2.45, 2.75) is 25.3 Å². The first-order valence-electron chi connectivity index (χ1n) is 6.97. The maximum atomic E-state index is 12.7. The Morgan fingerprint density at radius 2 is 2.29 bits per heavy atom. The van der Waals surface area contributed by atoms with Gasteiger partial charge in [-0.1, -0.05) is 6.07 Å². The average Bonchev–Trinajstić information content (AvgIpc) is 2.53. The number of amides is 1. The van der Waals surface area contributed by atoms with E-state index in [-0.39, 0.29) is 35.5 Å². The molecule has 0 saturated carbocycles. The second-order valence-electron chi connectivity index (χ2n) is 5.04. The van der Waals surface area contributed by atoms with Crippen molar-refractivity contribution in [1.29, 1.82) is 0 Å². The van der Waals surface area contributed by atoms with E-state index >= 15 is 0 Å². The molecule has 2 N–H and O–H groups in total. The van der Waals surface area contributed by atoms with Gasteiger partial charge in [-0.05, 0) is 25.3 Å². The van der Waals surface area contributed by atoms with Crippen LogP contribution in [0.5, 0.6) is 0 Å². The van der Waals surface area contributed by atoms with Crippen LogP contribution in [0.2, 0.25) is 0 Å². The molecule has 7 nitrogen and oxygen atoms in total. The lowest BCUT2D eigenvalue weighted by Crippen LogP contribution is -2.45. The maximum Gasteiger partial charge on any atom is 0.293 e. The van der Waals surface area contributed by atoms with Crippen LogP contribution in [0.1, 0.15) is 29.6 Å². The lowest BCUT2D eigenvalue weighted by molar-refractivity contribution is -0.384. The smallest absolute Gasteiger partial charge is 0.293 e. The summed E-state index contributed by atoms with van der Waals surface area (Å²) in [5.74, 6) is -0.276. The molecule has 1 aliphatic heterocycles. The average molecular weight is 293 g/mol. The van der Waals surface area contributed by atoms with Gasteiger partial charge in [0.15, 0.2) is 0 Å². The van der Waals surface area contributed by atoms with Gasteiger partial charge in [0, 0.05) is 19.7 Å². The number of benzene rings is 1. The van der Waals surface area contributed by atoms with E-state index in [0.29, 0.717) is 6.54 Å². The molecule has 7 heteroatoms. The van der Waals surface area contributed by atoms with E-state index in [4.69, 9.17) is 0 Å². The van der Waals surface area contributed by atoms with E-state index in [0.717, 1.165) is 19.3 Å². The van der Waals surface area contributed by atoms with E-state index in [1.807, 2.05) is 0 Å². The molecule has 1 atom stereocenters. The summed E-state index contributed by atoms with van der Waals surface area (Å²) in [4.78, 5) is 24.8. The molecular formula is C14H19N3O4. The number of nitrogens with one attached hydrogen (secondary N) is 1. The first kappa shape index (κ1) is 15.2. The zero-order valence-electron chi connectivity index (χ0n) is 11.9. The Bertz CT molecular complexity index is 547. The molecule has 21 heavy (non-hydrogen) atoms. The Morgan fingerprint density at radius 1 is 1.52 bits per heavy atom. The Hall–Kier alpha value is -2.15. The molecule has 0 spiro atoms. The monoisotopic (exact) mass is 293 g/mol. The predicted molar refractivity (Wildman–Crippen MR) is 78.4 cm³/mol. The number of aliphatic hydroxyl groups is 1. The molecule has 1 amide bonds. The van der Waals surface area contributed by atoms with Crippen LogP contribution in [0.25, 0.3) is 0 Å². The number of carbonyl (C=O) groups excluding carboxylic acids is 1. The van der Waals surface area contributed by atoms with Gasteiger partial charge in [-0.15, -0.1) is 0 Å². The normalized spacial score (nSPS) is 18.4. The van der Waals surface area contributed by atoms with Gasteiger partial charge in [0.05, 0.1) is 23.1 Å². The highest BCUT2D eigenvalue weighted by molar-refractivity contribution is 6.01. The molecule has 1 fully saturated rings. The lowest BCUT2D eigenvalue weighted by atomic mass is 10.0. The number of aliphatic hydroxyl groups excluding tert-OH is 1. The molecule has 0 bridgehead atoms. The summed E-state index contributed by atoms with van der Waals surface area (Å²) in [6.07, 6.45) is 2.61. The van der Waals surface area contributed by atoms with E-state index in [1.165, 1.54) is 12.1 Å². The minimum absolute atomic E-state index is 0.0877. The number of hydrogen-bond acceptors (Lipinski definition) is 5. The van der Waals surface area contributed by atoms with Gasteiger partial charge in [0.1, 0.15) is 5.69 Å². The van der Waals surface area contributed by atoms with Crippen LogP contribution in [0.3, 0.4) is 0 Å². The van der Waals surface area contributed by atoms with Gasteiger partial charge < -0.3 is 15.3 Å². The fourth-order valence-electron chi connectivity index (χ4n) is 2.75. The van der Waals surface area contributed by atoms with E-state index in [9.17, 15) is 20.0 Å². The second-order valence-corrected chi connectivity index (χ2v) is 5.04. The highest BCUT2D eigenvalue weighted by atomic mass is 16.6. The van der Waals surface area contributed by atoms with Gasteiger partial charge in [-0.2, -0.15) is 0 Å². The number of rotatable bonds is 4. The van der Waals surface area contributed by atoms with Crippen molar-refractivity contribution in [3.05, 3.63) is 33.9 Å². The third-order valence-corrected chi connectivity index (χ3v) is 3.82. The quantitative estimate of drug-likeness (QED) is 0.649. The molecule has 0 aliphatic carbocycles. The number of piperidine rings is 1. The molecule has 1 aliphatic rings. The topological polar surface area (TPSA) is 95.7 Å². The molecule has 1 saturated heterocycles. The summed E-state index contributed by atoms with van der Waals surface area (Å²) in [6.45, 7) is 0.478. The third-order valence-electron chi connectivity index (χ3n) is 3.82. The summed E-state index contributed by atoms with van der Waals surface area (Å²) in [6, 6.07) is 4.23. The Kier molecular flexibility index (Phi) is 4.74. The van der Waals surface area contributed by atoms with Crippen LogP contribution >= 0.6 is 0 Å². The summed E-state index contributed by atoms with van der Waals surface area (Å²) < 4.78 is 0. The number of hydrogen-bond donors (Lipinski definition) is 2. The molecule has 1 unspecified atom stereocenters. The first-order chi connectivity index (χ1) is 10.1. The van der Waals surface area contributed by atoms with Crippen LogP contribution < -0.4 is 5.32 Å². The number of nitrogens with zero attached hydrogens (tertiary/aromatic N) is 2. The maximum absolute atomic E-state index is 12.7. The zero-order chi connectivity index (χ0) is 15.4. The van der Waals surface area contributed by atoms with Crippen LogP contribution in [-0.4, -0.2) is 47.1 Å². The summed E-state index contributed by atoms with van der Waals surface area (Å²) in [5.41, 5.74) is 0.364. The summed E-state index contributed by atoms with van der Waals surface area (Å²) in [7, 11) is 1.55. The van der Waals surface area contributed by atoms with E-state index in [1.54, 1.807) is 18.0 Å².